The fraction of sp³-hybridized carbons (Fsp3) is 0.444. The average Bonchev–Trinajstić information content (AvgIpc) is 2.98. The van der Waals surface area contributed by atoms with Gasteiger partial charge < -0.3 is 5.32 Å². The van der Waals surface area contributed by atoms with E-state index in [9.17, 15) is 0 Å². The summed E-state index contributed by atoms with van der Waals surface area (Å²) in [7, 11) is 0. The van der Waals surface area contributed by atoms with E-state index in [1.807, 2.05) is 11.3 Å². The predicted molar refractivity (Wildman–Crippen MR) is 92.5 cm³/mol. The number of rotatable bonds is 8. The van der Waals surface area contributed by atoms with Crippen molar-refractivity contribution in [2.45, 2.75) is 46.4 Å². The van der Waals surface area contributed by atoms with E-state index in [1.165, 1.54) is 16.0 Å². The van der Waals surface area contributed by atoms with Crippen LogP contribution in [0.4, 0.5) is 0 Å². The maximum absolute atomic E-state index is 3.48. The first-order chi connectivity index (χ1) is 10.2. The first-order valence-electron chi connectivity index (χ1n) is 7.73. The Morgan fingerprint density at radius 3 is 2.57 bits per heavy atom. The molecule has 114 valence electrons. The van der Waals surface area contributed by atoms with Gasteiger partial charge in [-0.15, -0.1) is 11.3 Å². The number of nitrogens with zero attached hydrogens (tertiary/aromatic N) is 1. The van der Waals surface area contributed by atoms with E-state index in [1.54, 1.807) is 0 Å². The summed E-state index contributed by atoms with van der Waals surface area (Å²) in [6.45, 7) is 10.7. The molecule has 0 radical (unpaired) electrons. The lowest BCUT2D eigenvalue weighted by atomic mass is 10.1. The molecule has 0 atom stereocenters. The molecule has 0 amide bonds. The zero-order valence-corrected chi connectivity index (χ0v) is 14.1. The van der Waals surface area contributed by atoms with E-state index in [2.05, 4.69) is 72.8 Å². The van der Waals surface area contributed by atoms with Crippen LogP contribution < -0.4 is 5.32 Å². The number of nitrogens with one attached hydrogen (secondary N) is 1. The van der Waals surface area contributed by atoms with Crippen molar-refractivity contribution >= 4 is 11.3 Å². The summed E-state index contributed by atoms with van der Waals surface area (Å²) < 4.78 is 0. The minimum Gasteiger partial charge on any atom is -0.310 e. The molecule has 1 N–H and O–H groups in total. The fourth-order valence-electron chi connectivity index (χ4n) is 2.32. The van der Waals surface area contributed by atoms with E-state index in [0.717, 1.165) is 26.2 Å². The molecule has 0 spiro atoms. The first-order valence-corrected chi connectivity index (χ1v) is 8.61. The van der Waals surface area contributed by atoms with Crippen LogP contribution in [0.25, 0.3) is 0 Å². The molecule has 2 aromatic rings. The highest BCUT2D eigenvalue weighted by molar-refractivity contribution is 7.09. The van der Waals surface area contributed by atoms with Crippen LogP contribution in [0, 0.1) is 0 Å². The van der Waals surface area contributed by atoms with Crippen LogP contribution in [0.15, 0.2) is 41.8 Å². The van der Waals surface area contributed by atoms with Crippen molar-refractivity contribution in [3.8, 4) is 0 Å². The second-order valence-corrected chi connectivity index (χ2v) is 6.77. The van der Waals surface area contributed by atoms with Crippen LogP contribution in [-0.2, 0) is 19.6 Å². The maximum Gasteiger partial charge on any atom is 0.0331 e. The molecule has 0 aliphatic heterocycles. The van der Waals surface area contributed by atoms with E-state index in [4.69, 9.17) is 0 Å². The normalized spacial score (nSPS) is 11.5. The van der Waals surface area contributed by atoms with Gasteiger partial charge in [-0.3, -0.25) is 4.90 Å². The SMILES string of the molecule is CCN(Cc1cccc(CNC(C)C)c1)Cc1cccs1. The van der Waals surface area contributed by atoms with Gasteiger partial charge in [0.25, 0.3) is 0 Å². The monoisotopic (exact) mass is 302 g/mol. The summed E-state index contributed by atoms with van der Waals surface area (Å²) >= 11 is 1.84. The summed E-state index contributed by atoms with van der Waals surface area (Å²) in [5, 5.41) is 5.63. The smallest absolute Gasteiger partial charge is 0.0331 e. The lowest BCUT2D eigenvalue weighted by molar-refractivity contribution is 0.274. The van der Waals surface area contributed by atoms with Gasteiger partial charge in [0.15, 0.2) is 0 Å². The number of hydrogen-bond donors (Lipinski definition) is 1. The Hall–Kier alpha value is -1.16. The van der Waals surface area contributed by atoms with Gasteiger partial charge in [0.2, 0.25) is 0 Å². The molecule has 2 rings (SSSR count). The van der Waals surface area contributed by atoms with Crippen molar-refractivity contribution in [3.63, 3.8) is 0 Å². The molecule has 0 bridgehead atoms. The van der Waals surface area contributed by atoms with E-state index < -0.39 is 0 Å². The second-order valence-electron chi connectivity index (χ2n) is 5.74. The molecule has 0 saturated heterocycles. The van der Waals surface area contributed by atoms with Crippen molar-refractivity contribution in [2.24, 2.45) is 0 Å². The van der Waals surface area contributed by atoms with E-state index in [-0.39, 0.29) is 0 Å². The highest BCUT2D eigenvalue weighted by Gasteiger charge is 2.06. The Balaban J connectivity index is 1.95. The van der Waals surface area contributed by atoms with Crippen LogP contribution in [0.1, 0.15) is 36.8 Å². The van der Waals surface area contributed by atoms with Crippen molar-refractivity contribution in [1.82, 2.24) is 10.2 Å². The summed E-state index contributed by atoms with van der Waals surface area (Å²) in [6, 6.07) is 13.8. The molecular formula is C18H26N2S. The minimum absolute atomic E-state index is 0.527. The summed E-state index contributed by atoms with van der Waals surface area (Å²) in [5.74, 6) is 0. The van der Waals surface area contributed by atoms with Crippen molar-refractivity contribution in [2.75, 3.05) is 6.54 Å². The lowest BCUT2D eigenvalue weighted by Gasteiger charge is -2.20. The summed E-state index contributed by atoms with van der Waals surface area (Å²) in [4.78, 5) is 3.93. The fourth-order valence-corrected chi connectivity index (χ4v) is 3.07. The molecule has 0 fully saturated rings. The van der Waals surface area contributed by atoms with Gasteiger partial charge in [-0.2, -0.15) is 0 Å². The standard InChI is InChI=1S/C18H26N2S/c1-4-20(14-18-9-6-10-21-18)13-17-8-5-7-16(11-17)12-19-15(2)3/h5-11,15,19H,4,12-14H2,1-3H3. The van der Waals surface area contributed by atoms with Gasteiger partial charge in [0, 0.05) is 30.6 Å². The van der Waals surface area contributed by atoms with Crippen molar-refractivity contribution in [1.29, 1.82) is 0 Å². The average molecular weight is 302 g/mol. The summed E-state index contributed by atoms with van der Waals surface area (Å²) in [6.07, 6.45) is 0. The lowest BCUT2D eigenvalue weighted by Crippen LogP contribution is -2.23. The molecule has 1 aromatic carbocycles. The summed E-state index contributed by atoms with van der Waals surface area (Å²) in [5.41, 5.74) is 2.77. The molecular weight excluding hydrogens is 276 g/mol. The van der Waals surface area contributed by atoms with Crippen LogP contribution in [-0.4, -0.2) is 17.5 Å². The zero-order valence-electron chi connectivity index (χ0n) is 13.3. The second kappa shape index (κ2) is 8.32. The first kappa shape index (κ1) is 16.2. The Morgan fingerprint density at radius 1 is 1.10 bits per heavy atom. The molecule has 0 saturated carbocycles. The van der Waals surface area contributed by atoms with Crippen molar-refractivity contribution < 1.29 is 0 Å². The maximum atomic E-state index is 3.48. The minimum atomic E-state index is 0.527. The molecule has 0 aliphatic rings. The molecule has 1 aromatic heterocycles. The van der Waals surface area contributed by atoms with E-state index >= 15 is 0 Å². The number of benzene rings is 1. The van der Waals surface area contributed by atoms with Gasteiger partial charge >= 0.3 is 0 Å². The van der Waals surface area contributed by atoms with Crippen LogP contribution in [0.2, 0.25) is 0 Å². The third-order valence-electron chi connectivity index (χ3n) is 3.52. The van der Waals surface area contributed by atoms with Gasteiger partial charge in [-0.05, 0) is 29.1 Å². The van der Waals surface area contributed by atoms with Crippen LogP contribution in [0.3, 0.4) is 0 Å². The Kier molecular flexibility index (Phi) is 6.43. The molecule has 3 heteroatoms. The number of thiophene rings is 1. The predicted octanol–water partition coefficient (Wildman–Crippen LogP) is 4.27. The third kappa shape index (κ3) is 5.62. The number of hydrogen-bond acceptors (Lipinski definition) is 3. The van der Waals surface area contributed by atoms with E-state index in [0.29, 0.717) is 6.04 Å². The quantitative estimate of drug-likeness (QED) is 0.783. The Labute approximate surface area is 132 Å². The third-order valence-corrected chi connectivity index (χ3v) is 4.38. The molecule has 0 aliphatic carbocycles. The Morgan fingerprint density at radius 2 is 1.90 bits per heavy atom. The highest BCUT2D eigenvalue weighted by Crippen LogP contribution is 2.15. The van der Waals surface area contributed by atoms with Gasteiger partial charge in [-0.25, -0.2) is 0 Å². The molecule has 2 nitrogen and oxygen atoms in total. The topological polar surface area (TPSA) is 15.3 Å². The Bertz CT molecular complexity index is 520. The highest BCUT2D eigenvalue weighted by atomic mass is 32.1. The van der Waals surface area contributed by atoms with Crippen LogP contribution in [0.5, 0.6) is 0 Å². The molecule has 0 unspecified atom stereocenters. The van der Waals surface area contributed by atoms with Gasteiger partial charge in [-0.1, -0.05) is 51.1 Å². The molecule has 1 heterocycles. The van der Waals surface area contributed by atoms with Crippen LogP contribution >= 0.6 is 11.3 Å². The van der Waals surface area contributed by atoms with Crippen molar-refractivity contribution in [3.05, 3.63) is 57.8 Å². The molecule has 21 heavy (non-hydrogen) atoms. The van der Waals surface area contributed by atoms with Gasteiger partial charge in [0.1, 0.15) is 0 Å². The largest absolute Gasteiger partial charge is 0.310 e. The zero-order chi connectivity index (χ0) is 15.1. The van der Waals surface area contributed by atoms with Gasteiger partial charge in [0.05, 0.1) is 0 Å².